The zero-order valence-electron chi connectivity index (χ0n) is 9.47. The van der Waals surface area contributed by atoms with Crippen LogP contribution in [0.2, 0.25) is 0 Å². The van der Waals surface area contributed by atoms with Crippen molar-refractivity contribution in [1.29, 1.82) is 0 Å². The maximum Gasteiger partial charge on any atom is 0.408 e. The summed E-state index contributed by atoms with van der Waals surface area (Å²) in [6.07, 6.45) is -4.68. The molecule has 0 saturated carbocycles. The molecule has 0 saturated heterocycles. The molecule has 0 bridgehead atoms. The molecule has 0 aromatic carbocycles. The van der Waals surface area contributed by atoms with Crippen LogP contribution in [0.25, 0.3) is 0 Å². The Labute approximate surface area is 107 Å². The molecule has 0 fully saturated rings. The SMILES string of the molecule is CCOC(=S)SCCC(NC(C)=O)C(F)(F)F. The Balaban J connectivity index is 4.09. The number of carbonyl (C=O) groups excluding carboxylic acids is 1. The number of halogens is 3. The van der Waals surface area contributed by atoms with Crippen LogP contribution >= 0.6 is 24.0 Å². The summed E-state index contributed by atoms with van der Waals surface area (Å²) in [6, 6.07) is -1.84. The van der Waals surface area contributed by atoms with E-state index in [1.165, 1.54) is 0 Å². The van der Waals surface area contributed by atoms with E-state index in [0.29, 0.717) is 6.61 Å². The molecule has 0 spiro atoms. The maximum atomic E-state index is 12.5. The first-order valence-electron chi connectivity index (χ1n) is 4.90. The van der Waals surface area contributed by atoms with Crippen molar-refractivity contribution >= 4 is 34.3 Å². The number of ether oxygens (including phenoxy) is 1. The summed E-state index contributed by atoms with van der Waals surface area (Å²) in [5.74, 6) is -0.562. The van der Waals surface area contributed by atoms with Gasteiger partial charge in [-0.2, -0.15) is 13.2 Å². The van der Waals surface area contributed by atoms with E-state index in [1.54, 1.807) is 6.92 Å². The van der Waals surface area contributed by atoms with Gasteiger partial charge in [-0.1, -0.05) is 11.8 Å². The van der Waals surface area contributed by atoms with Gasteiger partial charge in [0.1, 0.15) is 6.04 Å². The summed E-state index contributed by atoms with van der Waals surface area (Å²) in [7, 11) is 0. The third kappa shape index (κ3) is 8.25. The second kappa shape index (κ2) is 7.75. The molecule has 1 amide bonds. The van der Waals surface area contributed by atoms with Gasteiger partial charge in [-0.25, -0.2) is 0 Å². The van der Waals surface area contributed by atoms with Gasteiger partial charge in [-0.3, -0.25) is 4.79 Å². The van der Waals surface area contributed by atoms with Gasteiger partial charge in [-0.05, 0) is 25.6 Å². The lowest BCUT2D eigenvalue weighted by Gasteiger charge is -2.20. The van der Waals surface area contributed by atoms with Gasteiger partial charge in [-0.15, -0.1) is 0 Å². The van der Waals surface area contributed by atoms with Crippen molar-refractivity contribution in [2.75, 3.05) is 12.4 Å². The van der Waals surface area contributed by atoms with Crippen molar-refractivity contribution in [3.8, 4) is 0 Å². The largest absolute Gasteiger partial charge is 0.479 e. The minimum Gasteiger partial charge on any atom is -0.479 e. The summed E-state index contributed by atoms with van der Waals surface area (Å²) in [5.41, 5.74) is 0. The molecule has 3 nitrogen and oxygen atoms in total. The fourth-order valence-corrected chi connectivity index (χ4v) is 2.07. The van der Waals surface area contributed by atoms with Crippen molar-refractivity contribution in [3.63, 3.8) is 0 Å². The highest BCUT2D eigenvalue weighted by Gasteiger charge is 2.39. The van der Waals surface area contributed by atoms with Gasteiger partial charge >= 0.3 is 6.18 Å². The lowest BCUT2D eigenvalue weighted by atomic mass is 10.2. The van der Waals surface area contributed by atoms with E-state index in [-0.39, 0.29) is 16.6 Å². The summed E-state index contributed by atoms with van der Waals surface area (Å²) >= 11 is 5.79. The van der Waals surface area contributed by atoms with E-state index in [2.05, 4.69) is 0 Å². The summed E-state index contributed by atoms with van der Waals surface area (Å²) in [6.45, 7) is 3.18. The van der Waals surface area contributed by atoms with Gasteiger partial charge in [0.2, 0.25) is 10.3 Å². The van der Waals surface area contributed by atoms with E-state index in [9.17, 15) is 18.0 Å². The van der Waals surface area contributed by atoms with Crippen LogP contribution in [0.1, 0.15) is 20.3 Å². The van der Waals surface area contributed by atoms with Crippen molar-refractivity contribution < 1.29 is 22.7 Å². The highest BCUT2D eigenvalue weighted by Crippen LogP contribution is 2.24. The van der Waals surface area contributed by atoms with Crippen molar-refractivity contribution in [1.82, 2.24) is 5.32 Å². The summed E-state index contributed by atoms with van der Waals surface area (Å²) in [4.78, 5) is 10.6. The molecule has 1 unspecified atom stereocenters. The zero-order valence-corrected chi connectivity index (χ0v) is 11.1. The van der Waals surface area contributed by atoms with E-state index < -0.39 is 18.1 Å². The summed E-state index contributed by atoms with van der Waals surface area (Å²) < 4.78 is 42.5. The Hall–Kier alpha value is -0.500. The number of thioether (sulfide) groups is 1. The second-order valence-corrected chi connectivity index (χ2v) is 4.81. The average Bonchev–Trinajstić information content (AvgIpc) is 2.14. The molecule has 0 radical (unpaired) electrons. The number of thiocarbonyl (C=S) groups is 1. The van der Waals surface area contributed by atoms with E-state index >= 15 is 0 Å². The van der Waals surface area contributed by atoms with Crippen LogP contribution in [-0.2, 0) is 9.53 Å². The minimum absolute atomic E-state index is 0.142. The predicted octanol–water partition coefficient (Wildman–Crippen LogP) is 2.50. The normalized spacial score (nSPS) is 13.0. The average molecular weight is 289 g/mol. The summed E-state index contributed by atoms with van der Waals surface area (Å²) in [5, 5.41) is 1.86. The number of hydrogen-bond acceptors (Lipinski definition) is 4. The molecule has 17 heavy (non-hydrogen) atoms. The molecule has 1 N–H and O–H groups in total. The van der Waals surface area contributed by atoms with Crippen molar-refractivity contribution in [2.45, 2.75) is 32.5 Å². The number of nitrogens with one attached hydrogen (secondary N) is 1. The first-order chi connectivity index (χ1) is 7.77. The van der Waals surface area contributed by atoms with Crippen LogP contribution in [0.4, 0.5) is 13.2 Å². The van der Waals surface area contributed by atoms with Crippen molar-refractivity contribution in [2.24, 2.45) is 0 Å². The van der Waals surface area contributed by atoms with Crippen LogP contribution in [0.3, 0.4) is 0 Å². The maximum absolute atomic E-state index is 12.5. The molecule has 0 aromatic rings. The molecule has 0 aliphatic heterocycles. The molecule has 0 heterocycles. The molecule has 0 aliphatic carbocycles. The predicted molar refractivity (Wildman–Crippen MR) is 65.0 cm³/mol. The Kier molecular flexibility index (Phi) is 7.53. The fourth-order valence-electron chi connectivity index (χ4n) is 0.983. The van der Waals surface area contributed by atoms with Crippen molar-refractivity contribution in [3.05, 3.63) is 0 Å². The molecule has 8 heteroatoms. The Bertz CT molecular complexity index is 271. The topological polar surface area (TPSA) is 38.3 Å². The third-order valence-corrected chi connectivity index (χ3v) is 2.93. The van der Waals surface area contributed by atoms with Crippen LogP contribution in [0, 0.1) is 0 Å². The van der Waals surface area contributed by atoms with Gasteiger partial charge in [0.15, 0.2) is 0 Å². The molecule has 0 aliphatic rings. The monoisotopic (exact) mass is 289 g/mol. The highest BCUT2D eigenvalue weighted by molar-refractivity contribution is 8.22. The fraction of sp³-hybridized carbons (Fsp3) is 0.778. The molecular weight excluding hydrogens is 275 g/mol. The van der Waals surface area contributed by atoms with Crippen LogP contribution < -0.4 is 5.32 Å². The van der Waals surface area contributed by atoms with E-state index in [1.807, 2.05) is 5.32 Å². The quantitative estimate of drug-likeness (QED) is 0.789. The van der Waals surface area contributed by atoms with Crippen LogP contribution in [0.15, 0.2) is 0 Å². The lowest BCUT2D eigenvalue weighted by Crippen LogP contribution is -2.44. The van der Waals surface area contributed by atoms with Gasteiger partial charge < -0.3 is 10.1 Å². The van der Waals surface area contributed by atoms with E-state index in [0.717, 1.165) is 18.7 Å². The minimum atomic E-state index is -4.44. The highest BCUT2D eigenvalue weighted by atomic mass is 32.2. The standard InChI is InChI=1S/C9H14F3NO2S2/c1-3-15-8(16)17-5-4-7(9(10,11)12)13-6(2)14/h7H,3-5H2,1-2H3,(H,13,14). The zero-order chi connectivity index (χ0) is 13.5. The number of hydrogen-bond donors (Lipinski definition) is 1. The number of alkyl halides is 3. The van der Waals surface area contributed by atoms with E-state index in [4.69, 9.17) is 17.0 Å². The smallest absolute Gasteiger partial charge is 0.408 e. The van der Waals surface area contributed by atoms with Gasteiger partial charge in [0, 0.05) is 12.7 Å². The number of rotatable bonds is 5. The second-order valence-electron chi connectivity index (χ2n) is 3.11. The molecule has 1 atom stereocenters. The molecule has 0 aromatic heterocycles. The van der Waals surface area contributed by atoms with Gasteiger partial charge in [0.05, 0.1) is 6.61 Å². The molecule has 100 valence electrons. The number of amides is 1. The molecular formula is C9H14F3NO2S2. The Morgan fingerprint density at radius 3 is 2.53 bits per heavy atom. The Morgan fingerprint density at radius 1 is 1.53 bits per heavy atom. The third-order valence-electron chi connectivity index (χ3n) is 1.66. The molecule has 0 rings (SSSR count). The Morgan fingerprint density at radius 2 is 2.12 bits per heavy atom. The van der Waals surface area contributed by atoms with Gasteiger partial charge in [0.25, 0.3) is 0 Å². The number of carbonyl (C=O) groups is 1. The first kappa shape index (κ1) is 16.5. The first-order valence-corrected chi connectivity index (χ1v) is 6.30. The van der Waals surface area contributed by atoms with Crippen LogP contribution in [-0.4, -0.2) is 34.9 Å². The van der Waals surface area contributed by atoms with Crippen LogP contribution in [0.5, 0.6) is 0 Å². The lowest BCUT2D eigenvalue weighted by molar-refractivity contribution is -0.161.